The smallest absolute Gasteiger partial charge is 0.193 e. The maximum absolute atomic E-state index is 11.3. The van der Waals surface area contributed by atoms with Crippen LogP contribution in [0.15, 0.2) is 11.6 Å². The predicted molar refractivity (Wildman–Crippen MR) is 37.0 cm³/mol. The van der Waals surface area contributed by atoms with Crippen LogP contribution in [-0.4, -0.2) is 23.3 Å². The van der Waals surface area contributed by atoms with Gasteiger partial charge < -0.3 is 4.74 Å². The van der Waals surface area contributed by atoms with E-state index in [1.54, 1.807) is 13.8 Å². The molecular formula is C8H8O3. The summed E-state index contributed by atoms with van der Waals surface area (Å²) in [5, 5.41) is 0. The first kappa shape index (κ1) is 6.73. The molecule has 1 aliphatic heterocycles. The fraction of sp³-hybridized carbons (Fsp3) is 0.500. The summed E-state index contributed by atoms with van der Waals surface area (Å²) in [5.74, 6) is -0.133. The topological polar surface area (TPSA) is 46.7 Å². The standard InChI is InChI=1S/C8H8O3/c1-4-3-5(9)7-8(2,11-7)6(4)10/h3,7H,1-2H3/t7-,8+/m0/s1. The normalized spacial score (nSPS) is 41.6. The molecule has 0 amide bonds. The average Bonchev–Trinajstić information content (AvgIpc) is 2.60. The van der Waals surface area contributed by atoms with Gasteiger partial charge in [-0.2, -0.15) is 0 Å². The number of carbonyl (C=O) groups excluding carboxylic acids is 2. The van der Waals surface area contributed by atoms with Gasteiger partial charge in [-0.25, -0.2) is 0 Å². The van der Waals surface area contributed by atoms with Crippen LogP contribution < -0.4 is 0 Å². The molecule has 1 saturated heterocycles. The van der Waals surface area contributed by atoms with Crippen molar-refractivity contribution in [3.63, 3.8) is 0 Å². The first-order valence-electron chi connectivity index (χ1n) is 3.50. The quantitative estimate of drug-likeness (QED) is 0.467. The largest absolute Gasteiger partial charge is 0.349 e. The molecule has 0 aromatic heterocycles. The van der Waals surface area contributed by atoms with Gasteiger partial charge in [0.2, 0.25) is 0 Å². The summed E-state index contributed by atoms with van der Waals surface area (Å²) < 4.78 is 5.01. The minimum absolute atomic E-state index is 0.0536. The van der Waals surface area contributed by atoms with Gasteiger partial charge in [-0.3, -0.25) is 9.59 Å². The Morgan fingerprint density at radius 1 is 1.55 bits per heavy atom. The Balaban J connectivity index is 2.46. The second-order valence-corrected chi connectivity index (χ2v) is 3.16. The first-order valence-corrected chi connectivity index (χ1v) is 3.50. The van der Waals surface area contributed by atoms with Gasteiger partial charge in [-0.05, 0) is 25.5 Å². The Bertz CT molecular complexity index is 290. The highest BCUT2D eigenvalue weighted by Gasteiger charge is 2.63. The van der Waals surface area contributed by atoms with Crippen molar-refractivity contribution >= 4 is 11.6 Å². The Labute approximate surface area is 64.0 Å². The van der Waals surface area contributed by atoms with E-state index in [1.807, 2.05) is 0 Å². The number of epoxide rings is 1. The number of hydrogen-bond acceptors (Lipinski definition) is 3. The number of rotatable bonds is 0. The Morgan fingerprint density at radius 2 is 2.18 bits per heavy atom. The average molecular weight is 152 g/mol. The third kappa shape index (κ3) is 0.661. The molecule has 0 aromatic rings. The zero-order valence-electron chi connectivity index (χ0n) is 6.38. The Kier molecular flexibility index (Phi) is 0.986. The van der Waals surface area contributed by atoms with E-state index in [0.717, 1.165) is 0 Å². The fourth-order valence-electron chi connectivity index (χ4n) is 1.46. The lowest BCUT2D eigenvalue weighted by Gasteiger charge is -2.08. The van der Waals surface area contributed by atoms with Crippen LogP contribution in [0.1, 0.15) is 13.8 Å². The van der Waals surface area contributed by atoms with E-state index in [-0.39, 0.29) is 11.6 Å². The van der Waals surface area contributed by atoms with Gasteiger partial charge in [-0.1, -0.05) is 0 Å². The minimum atomic E-state index is -0.810. The number of ether oxygens (including phenoxy) is 1. The summed E-state index contributed by atoms with van der Waals surface area (Å²) in [6.07, 6.45) is 0.876. The SMILES string of the molecule is CC1=CC(=O)[C@@H]2O[C@]2(C)C1=O. The molecule has 1 aliphatic carbocycles. The third-order valence-electron chi connectivity index (χ3n) is 2.23. The zero-order chi connectivity index (χ0) is 8.22. The molecule has 58 valence electrons. The van der Waals surface area contributed by atoms with E-state index in [2.05, 4.69) is 0 Å². The van der Waals surface area contributed by atoms with E-state index in [9.17, 15) is 9.59 Å². The minimum Gasteiger partial charge on any atom is -0.349 e. The summed E-state index contributed by atoms with van der Waals surface area (Å²) in [5.41, 5.74) is -0.304. The molecule has 0 N–H and O–H groups in total. The van der Waals surface area contributed by atoms with Gasteiger partial charge in [0.1, 0.15) is 0 Å². The van der Waals surface area contributed by atoms with E-state index < -0.39 is 11.7 Å². The number of Topliss-reactive ketones (excluding diaryl/α,β-unsaturated/α-hetero) is 1. The third-order valence-corrected chi connectivity index (χ3v) is 2.23. The van der Waals surface area contributed by atoms with Crippen LogP contribution in [0.25, 0.3) is 0 Å². The van der Waals surface area contributed by atoms with E-state index >= 15 is 0 Å². The van der Waals surface area contributed by atoms with Crippen molar-refractivity contribution in [1.29, 1.82) is 0 Å². The van der Waals surface area contributed by atoms with Crippen LogP contribution in [-0.2, 0) is 14.3 Å². The zero-order valence-corrected chi connectivity index (χ0v) is 6.38. The lowest BCUT2D eigenvalue weighted by Crippen LogP contribution is -2.31. The Morgan fingerprint density at radius 3 is 2.82 bits per heavy atom. The van der Waals surface area contributed by atoms with Gasteiger partial charge in [-0.15, -0.1) is 0 Å². The Hall–Kier alpha value is -0.960. The molecule has 1 fully saturated rings. The molecule has 0 spiro atoms. The highest BCUT2D eigenvalue weighted by molar-refractivity contribution is 6.17. The molecule has 2 atom stereocenters. The number of ketones is 2. The maximum Gasteiger partial charge on any atom is 0.193 e. The fourth-order valence-corrected chi connectivity index (χ4v) is 1.46. The molecule has 3 nitrogen and oxygen atoms in total. The molecule has 0 saturated carbocycles. The molecule has 0 aromatic carbocycles. The summed E-state index contributed by atoms with van der Waals surface area (Å²) in [6.45, 7) is 3.30. The molecular weight excluding hydrogens is 144 g/mol. The lowest BCUT2D eigenvalue weighted by atomic mass is 9.89. The van der Waals surface area contributed by atoms with Crippen LogP contribution in [0, 0.1) is 0 Å². The number of fused-ring (bicyclic) bond motifs is 1. The summed E-state index contributed by atoms with van der Waals surface area (Å²) in [4.78, 5) is 22.3. The molecule has 11 heavy (non-hydrogen) atoms. The van der Waals surface area contributed by atoms with Crippen LogP contribution in [0.3, 0.4) is 0 Å². The molecule has 2 aliphatic rings. The van der Waals surface area contributed by atoms with Gasteiger partial charge in [0.05, 0.1) is 0 Å². The van der Waals surface area contributed by atoms with Crippen molar-refractivity contribution in [2.75, 3.05) is 0 Å². The van der Waals surface area contributed by atoms with Crippen LogP contribution in [0.5, 0.6) is 0 Å². The van der Waals surface area contributed by atoms with Crippen molar-refractivity contribution in [2.24, 2.45) is 0 Å². The predicted octanol–water partition coefficient (Wildman–Crippen LogP) is 0.242. The van der Waals surface area contributed by atoms with Gasteiger partial charge in [0.25, 0.3) is 0 Å². The summed E-state index contributed by atoms with van der Waals surface area (Å²) >= 11 is 0. The van der Waals surface area contributed by atoms with Crippen LogP contribution in [0.2, 0.25) is 0 Å². The van der Waals surface area contributed by atoms with Crippen LogP contribution in [0.4, 0.5) is 0 Å². The molecule has 0 unspecified atom stereocenters. The van der Waals surface area contributed by atoms with E-state index in [0.29, 0.717) is 5.57 Å². The first-order chi connectivity index (χ1) is 5.05. The number of carbonyl (C=O) groups is 2. The second kappa shape index (κ2) is 1.61. The van der Waals surface area contributed by atoms with E-state index in [1.165, 1.54) is 6.08 Å². The maximum atomic E-state index is 11.3. The van der Waals surface area contributed by atoms with Crippen molar-refractivity contribution in [2.45, 2.75) is 25.6 Å². The molecule has 0 radical (unpaired) electrons. The van der Waals surface area contributed by atoms with Crippen LogP contribution >= 0.6 is 0 Å². The second-order valence-electron chi connectivity index (χ2n) is 3.16. The van der Waals surface area contributed by atoms with Crippen molar-refractivity contribution < 1.29 is 14.3 Å². The molecule has 1 heterocycles. The van der Waals surface area contributed by atoms with Gasteiger partial charge >= 0.3 is 0 Å². The molecule has 2 rings (SSSR count). The van der Waals surface area contributed by atoms with Crippen molar-refractivity contribution in [3.8, 4) is 0 Å². The van der Waals surface area contributed by atoms with Gasteiger partial charge in [0.15, 0.2) is 23.3 Å². The number of hydrogen-bond donors (Lipinski definition) is 0. The molecule has 3 heteroatoms. The van der Waals surface area contributed by atoms with E-state index in [4.69, 9.17) is 4.74 Å². The highest BCUT2D eigenvalue weighted by atomic mass is 16.6. The highest BCUT2D eigenvalue weighted by Crippen LogP contribution is 2.42. The monoisotopic (exact) mass is 152 g/mol. The lowest BCUT2D eigenvalue weighted by molar-refractivity contribution is -0.122. The van der Waals surface area contributed by atoms with Crippen molar-refractivity contribution in [1.82, 2.24) is 0 Å². The summed E-state index contributed by atoms with van der Waals surface area (Å²) in [7, 11) is 0. The molecule has 0 bridgehead atoms. The van der Waals surface area contributed by atoms with Gasteiger partial charge in [0, 0.05) is 0 Å². The van der Waals surface area contributed by atoms with Crippen molar-refractivity contribution in [3.05, 3.63) is 11.6 Å². The summed E-state index contributed by atoms with van der Waals surface area (Å²) in [6, 6.07) is 0.